The van der Waals surface area contributed by atoms with Crippen molar-refractivity contribution in [1.82, 2.24) is 9.78 Å². The fourth-order valence-electron chi connectivity index (χ4n) is 2.35. The van der Waals surface area contributed by atoms with Crippen LogP contribution >= 0.6 is 0 Å². The molecule has 2 rings (SSSR count). The Morgan fingerprint density at radius 2 is 1.79 bits per heavy atom. The summed E-state index contributed by atoms with van der Waals surface area (Å²) in [5, 5.41) is 4.55. The summed E-state index contributed by atoms with van der Waals surface area (Å²) in [5.41, 5.74) is 10.7. The molecular weight excluding hydrogens is 234 g/mol. The summed E-state index contributed by atoms with van der Waals surface area (Å²) >= 11 is 0. The smallest absolute Gasteiger partial charge is 0.0728 e. The maximum Gasteiger partial charge on any atom is 0.0728 e. The maximum atomic E-state index is 5.83. The largest absolute Gasteiger partial charge is 0.328 e. The highest BCUT2D eigenvalue weighted by atomic mass is 15.3. The molecule has 0 saturated carbocycles. The molecule has 0 aliphatic heterocycles. The molecule has 0 fully saturated rings. The van der Waals surface area contributed by atoms with Crippen LogP contribution < -0.4 is 5.73 Å². The first-order valence-electron chi connectivity index (χ1n) is 6.85. The average molecular weight is 257 g/mol. The Hall–Kier alpha value is -1.61. The summed E-state index contributed by atoms with van der Waals surface area (Å²) in [7, 11) is 1.97. The third kappa shape index (κ3) is 3.24. The Morgan fingerprint density at radius 3 is 2.32 bits per heavy atom. The van der Waals surface area contributed by atoms with E-state index in [0.29, 0.717) is 5.92 Å². The number of hydrogen-bond donors (Lipinski definition) is 1. The van der Waals surface area contributed by atoms with Gasteiger partial charge in [-0.1, -0.05) is 38.1 Å². The second-order valence-corrected chi connectivity index (χ2v) is 5.63. The van der Waals surface area contributed by atoms with Gasteiger partial charge in [-0.3, -0.25) is 4.68 Å². The minimum absolute atomic E-state index is 0.204. The van der Waals surface area contributed by atoms with Crippen LogP contribution in [0.4, 0.5) is 0 Å². The van der Waals surface area contributed by atoms with Crippen LogP contribution in [-0.4, -0.2) is 15.8 Å². The van der Waals surface area contributed by atoms with Gasteiger partial charge in [0.25, 0.3) is 0 Å². The summed E-state index contributed by atoms with van der Waals surface area (Å²) < 4.78 is 1.89. The first kappa shape index (κ1) is 13.8. The summed E-state index contributed by atoms with van der Waals surface area (Å²) in [6.45, 7) is 6.39. The van der Waals surface area contributed by atoms with Crippen molar-refractivity contribution in [3.05, 3.63) is 41.7 Å². The fourth-order valence-corrected chi connectivity index (χ4v) is 2.35. The zero-order chi connectivity index (χ0) is 14.0. The van der Waals surface area contributed by atoms with Crippen molar-refractivity contribution in [2.24, 2.45) is 12.8 Å². The third-order valence-electron chi connectivity index (χ3n) is 3.23. The predicted octanol–water partition coefficient (Wildman–Crippen LogP) is 3.10. The minimum Gasteiger partial charge on any atom is -0.328 e. The van der Waals surface area contributed by atoms with E-state index in [2.05, 4.69) is 49.4 Å². The molecule has 1 atom stereocenters. The molecule has 0 bridgehead atoms. The van der Waals surface area contributed by atoms with Crippen LogP contribution in [0.1, 0.15) is 37.9 Å². The highest BCUT2D eigenvalue weighted by molar-refractivity contribution is 5.66. The standard InChI is InChI=1S/C16H23N3/c1-11(2)16-15(10-19(4)18-16)14-7-5-13(6-8-14)9-12(3)17/h5-8,10-12H,9,17H2,1-4H3. The Balaban J connectivity index is 2.32. The van der Waals surface area contributed by atoms with Gasteiger partial charge in [-0.2, -0.15) is 5.10 Å². The summed E-state index contributed by atoms with van der Waals surface area (Å²) in [5.74, 6) is 0.431. The van der Waals surface area contributed by atoms with Gasteiger partial charge in [0.1, 0.15) is 0 Å². The molecule has 3 heteroatoms. The molecule has 0 radical (unpaired) electrons. The highest BCUT2D eigenvalue weighted by Gasteiger charge is 2.13. The van der Waals surface area contributed by atoms with E-state index in [9.17, 15) is 0 Å². The van der Waals surface area contributed by atoms with Crippen molar-refractivity contribution in [1.29, 1.82) is 0 Å². The topological polar surface area (TPSA) is 43.8 Å². The molecule has 19 heavy (non-hydrogen) atoms. The SMILES string of the molecule is CC(N)Cc1ccc(-c2cn(C)nc2C(C)C)cc1. The van der Waals surface area contributed by atoms with E-state index in [4.69, 9.17) is 5.73 Å². The Labute approximate surface area is 115 Å². The molecule has 0 aliphatic carbocycles. The fraction of sp³-hybridized carbons (Fsp3) is 0.438. The van der Waals surface area contributed by atoms with E-state index in [1.807, 2.05) is 18.7 Å². The molecule has 0 spiro atoms. The molecule has 1 aromatic heterocycles. The molecule has 2 aromatic rings. The Bertz CT molecular complexity index is 536. The van der Waals surface area contributed by atoms with E-state index >= 15 is 0 Å². The first-order valence-corrected chi connectivity index (χ1v) is 6.85. The summed E-state index contributed by atoms with van der Waals surface area (Å²) in [4.78, 5) is 0. The third-order valence-corrected chi connectivity index (χ3v) is 3.23. The van der Waals surface area contributed by atoms with Gasteiger partial charge < -0.3 is 5.73 Å². The van der Waals surface area contributed by atoms with E-state index in [1.165, 1.54) is 16.7 Å². The molecule has 0 amide bonds. The first-order chi connectivity index (χ1) is 8.97. The minimum atomic E-state index is 0.204. The van der Waals surface area contributed by atoms with Crippen LogP contribution in [0.5, 0.6) is 0 Å². The van der Waals surface area contributed by atoms with Gasteiger partial charge in [-0.25, -0.2) is 0 Å². The van der Waals surface area contributed by atoms with Gasteiger partial charge in [-0.05, 0) is 30.4 Å². The van der Waals surface area contributed by atoms with Gasteiger partial charge in [0.05, 0.1) is 5.69 Å². The van der Waals surface area contributed by atoms with Crippen molar-refractivity contribution in [3.63, 3.8) is 0 Å². The van der Waals surface area contributed by atoms with E-state index in [0.717, 1.165) is 12.1 Å². The zero-order valence-corrected chi connectivity index (χ0v) is 12.2. The van der Waals surface area contributed by atoms with Crippen LogP contribution in [0.3, 0.4) is 0 Å². The molecule has 3 nitrogen and oxygen atoms in total. The van der Waals surface area contributed by atoms with Gasteiger partial charge in [0, 0.05) is 24.8 Å². The second-order valence-electron chi connectivity index (χ2n) is 5.63. The van der Waals surface area contributed by atoms with Gasteiger partial charge in [0.2, 0.25) is 0 Å². The van der Waals surface area contributed by atoms with Crippen LogP contribution in [0.2, 0.25) is 0 Å². The van der Waals surface area contributed by atoms with Crippen LogP contribution in [0, 0.1) is 0 Å². The lowest BCUT2D eigenvalue weighted by molar-refractivity contribution is 0.713. The number of aromatic nitrogens is 2. The molecule has 1 unspecified atom stereocenters. The van der Waals surface area contributed by atoms with E-state index < -0.39 is 0 Å². The molecule has 2 N–H and O–H groups in total. The zero-order valence-electron chi connectivity index (χ0n) is 12.2. The van der Waals surface area contributed by atoms with E-state index in [1.54, 1.807) is 0 Å². The van der Waals surface area contributed by atoms with Gasteiger partial charge in [-0.15, -0.1) is 0 Å². The number of benzene rings is 1. The normalized spacial score (nSPS) is 12.9. The molecule has 1 aromatic carbocycles. The Morgan fingerprint density at radius 1 is 1.16 bits per heavy atom. The predicted molar refractivity (Wildman–Crippen MR) is 80.1 cm³/mol. The van der Waals surface area contributed by atoms with Crippen LogP contribution in [-0.2, 0) is 13.5 Å². The lowest BCUT2D eigenvalue weighted by atomic mass is 9.98. The number of aryl methyl sites for hydroxylation is 1. The summed E-state index contributed by atoms with van der Waals surface area (Å²) in [6.07, 6.45) is 3.01. The molecule has 1 heterocycles. The number of nitrogens with zero attached hydrogens (tertiary/aromatic N) is 2. The molecule has 102 valence electrons. The van der Waals surface area contributed by atoms with Crippen molar-refractivity contribution < 1.29 is 0 Å². The van der Waals surface area contributed by atoms with E-state index in [-0.39, 0.29) is 6.04 Å². The lowest BCUT2D eigenvalue weighted by Gasteiger charge is -2.08. The van der Waals surface area contributed by atoms with Gasteiger partial charge >= 0.3 is 0 Å². The number of rotatable bonds is 4. The maximum absolute atomic E-state index is 5.83. The molecule has 0 saturated heterocycles. The lowest BCUT2D eigenvalue weighted by Crippen LogP contribution is -2.17. The van der Waals surface area contributed by atoms with Crippen LogP contribution in [0.25, 0.3) is 11.1 Å². The van der Waals surface area contributed by atoms with Crippen molar-refractivity contribution in [2.45, 2.75) is 39.2 Å². The quantitative estimate of drug-likeness (QED) is 0.914. The van der Waals surface area contributed by atoms with Crippen LogP contribution in [0.15, 0.2) is 30.5 Å². The van der Waals surface area contributed by atoms with Crippen molar-refractivity contribution >= 4 is 0 Å². The second kappa shape index (κ2) is 5.57. The summed E-state index contributed by atoms with van der Waals surface area (Å²) in [6, 6.07) is 8.86. The van der Waals surface area contributed by atoms with Crippen molar-refractivity contribution in [2.75, 3.05) is 0 Å². The molecule has 0 aliphatic rings. The molecular formula is C16H23N3. The van der Waals surface area contributed by atoms with Gasteiger partial charge in [0.15, 0.2) is 0 Å². The monoisotopic (exact) mass is 257 g/mol. The average Bonchev–Trinajstić information content (AvgIpc) is 2.72. The van der Waals surface area contributed by atoms with Crippen molar-refractivity contribution in [3.8, 4) is 11.1 Å². The number of hydrogen-bond acceptors (Lipinski definition) is 2. The number of nitrogens with two attached hydrogens (primary N) is 1. The Kier molecular flexibility index (Phi) is 4.05. The highest BCUT2D eigenvalue weighted by Crippen LogP contribution is 2.28.